The minimum Gasteiger partial charge on any atom is -0.337 e. The number of carbonyl (C=O) groups is 2. The van der Waals surface area contributed by atoms with Crippen molar-refractivity contribution < 1.29 is 9.59 Å². The lowest BCUT2D eigenvalue weighted by molar-refractivity contribution is -0.134. The van der Waals surface area contributed by atoms with E-state index in [2.05, 4.69) is 6.92 Å². The first-order chi connectivity index (χ1) is 11.6. The number of rotatable bonds is 5. The summed E-state index contributed by atoms with van der Waals surface area (Å²) in [5.74, 6) is 1.64. The van der Waals surface area contributed by atoms with E-state index in [0.717, 1.165) is 42.2 Å². The summed E-state index contributed by atoms with van der Waals surface area (Å²) < 4.78 is 0. The lowest BCUT2D eigenvalue weighted by Gasteiger charge is -2.37. The number of fused-ring (bicyclic) bond motifs is 1. The smallest absolute Gasteiger partial charge is 0.230 e. The Bertz CT molecular complexity index is 659. The zero-order valence-electron chi connectivity index (χ0n) is 14.1. The third kappa shape index (κ3) is 3.41. The van der Waals surface area contributed by atoms with Crippen LogP contribution in [0.3, 0.4) is 0 Å². The first-order valence-corrected chi connectivity index (χ1v) is 9.84. The van der Waals surface area contributed by atoms with Gasteiger partial charge in [0.25, 0.3) is 0 Å². The Balaban J connectivity index is 1.78. The largest absolute Gasteiger partial charge is 0.337 e. The van der Waals surface area contributed by atoms with Crippen molar-refractivity contribution in [2.45, 2.75) is 44.6 Å². The number of carbonyl (C=O) groups excluding carboxylic acids is 2. The fourth-order valence-corrected chi connectivity index (χ4v) is 4.75. The Hall–Kier alpha value is -1.62. The van der Waals surface area contributed by atoms with E-state index in [1.807, 2.05) is 40.9 Å². The Morgan fingerprint density at radius 2 is 2.17 bits per heavy atom. The third-order valence-electron chi connectivity index (χ3n) is 4.87. The average molecular weight is 344 g/mol. The second-order valence-electron chi connectivity index (χ2n) is 6.59. The molecular formula is C19H24N2O2S. The number of hydrogen-bond acceptors (Lipinski definition) is 4. The van der Waals surface area contributed by atoms with Gasteiger partial charge in [-0.1, -0.05) is 37.6 Å². The Kier molecular flexibility index (Phi) is 5.39. The molecule has 0 radical (unpaired) electrons. The van der Waals surface area contributed by atoms with Crippen LogP contribution in [0.1, 0.15) is 54.4 Å². The van der Waals surface area contributed by atoms with Gasteiger partial charge in [0.05, 0.1) is 5.92 Å². The molecular weight excluding hydrogens is 320 g/mol. The van der Waals surface area contributed by atoms with Crippen molar-refractivity contribution in [1.82, 2.24) is 4.90 Å². The molecule has 0 aromatic heterocycles. The normalized spacial score (nSPS) is 23.2. The van der Waals surface area contributed by atoms with Gasteiger partial charge in [-0.05, 0) is 12.0 Å². The summed E-state index contributed by atoms with van der Waals surface area (Å²) in [5.41, 5.74) is 2.32. The molecule has 1 amide bonds. The Morgan fingerprint density at radius 1 is 1.38 bits per heavy atom. The average Bonchev–Trinajstić information content (AvgIpc) is 2.92. The number of nitrogens with zero attached hydrogens (tertiary/aromatic N) is 1. The maximum atomic E-state index is 13.2. The highest BCUT2D eigenvalue weighted by Crippen LogP contribution is 2.35. The highest BCUT2D eigenvalue weighted by molar-refractivity contribution is 7.99. The molecule has 0 spiro atoms. The molecule has 1 heterocycles. The molecule has 2 atom stereocenters. The van der Waals surface area contributed by atoms with Crippen LogP contribution in [0, 0.1) is 5.41 Å². The lowest BCUT2D eigenvalue weighted by Crippen LogP contribution is -2.48. The monoisotopic (exact) mass is 344 g/mol. The van der Waals surface area contributed by atoms with Crippen LogP contribution in [-0.2, 0) is 4.79 Å². The van der Waals surface area contributed by atoms with Crippen LogP contribution in [0.25, 0.3) is 0 Å². The van der Waals surface area contributed by atoms with E-state index in [1.54, 1.807) is 0 Å². The van der Waals surface area contributed by atoms with Gasteiger partial charge >= 0.3 is 0 Å². The van der Waals surface area contributed by atoms with E-state index in [1.165, 1.54) is 0 Å². The van der Waals surface area contributed by atoms with Crippen LogP contribution in [0.15, 0.2) is 24.3 Å². The number of ketones is 1. The second-order valence-corrected chi connectivity index (χ2v) is 7.74. The van der Waals surface area contributed by atoms with Gasteiger partial charge < -0.3 is 10.3 Å². The first-order valence-electron chi connectivity index (χ1n) is 8.68. The fourth-order valence-electron chi connectivity index (χ4n) is 3.68. The quantitative estimate of drug-likeness (QED) is 0.832. The number of hydrogen-bond donors (Lipinski definition) is 1. The molecule has 3 rings (SSSR count). The van der Waals surface area contributed by atoms with Gasteiger partial charge in [-0.2, -0.15) is 11.8 Å². The van der Waals surface area contributed by atoms with Crippen molar-refractivity contribution in [3.05, 3.63) is 35.4 Å². The maximum Gasteiger partial charge on any atom is 0.230 e. The summed E-state index contributed by atoms with van der Waals surface area (Å²) in [5, 5.41) is 8.11. The van der Waals surface area contributed by atoms with Crippen molar-refractivity contribution in [3.8, 4) is 0 Å². The van der Waals surface area contributed by atoms with Gasteiger partial charge in [0.2, 0.25) is 5.91 Å². The molecule has 1 N–H and O–H groups in total. The highest BCUT2D eigenvalue weighted by Gasteiger charge is 2.39. The van der Waals surface area contributed by atoms with E-state index in [-0.39, 0.29) is 23.7 Å². The molecule has 1 saturated heterocycles. The number of nitrogens with one attached hydrogen (secondary N) is 1. The number of benzene rings is 1. The molecule has 0 bridgehead atoms. The standard InChI is InChI=1S/C19H24N2O2S/c1-2-5-13(20)10-14-12-24-9-8-21(14)19(23)17-11-18(22)16-7-4-3-6-15(16)17/h3-4,6-7,14,17,20H,2,5,8-12H2,1H3. The molecule has 0 saturated carbocycles. The second kappa shape index (κ2) is 7.51. The van der Waals surface area contributed by atoms with Gasteiger partial charge in [-0.15, -0.1) is 0 Å². The SMILES string of the molecule is CCCC(=N)CC1CSCCN1C(=O)C1CC(=O)c2ccccc21. The summed E-state index contributed by atoms with van der Waals surface area (Å²) in [6, 6.07) is 7.59. The first kappa shape index (κ1) is 17.2. The summed E-state index contributed by atoms with van der Waals surface area (Å²) in [7, 11) is 0. The molecule has 1 aliphatic carbocycles. The van der Waals surface area contributed by atoms with Crippen molar-refractivity contribution in [1.29, 1.82) is 5.41 Å². The van der Waals surface area contributed by atoms with E-state index in [4.69, 9.17) is 5.41 Å². The van der Waals surface area contributed by atoms with E-state index < -0.39 is 0 Å². The van der Waals surface area contributed by atoms with Gasteiger partial charge in [-0.25, -0.2) is 0 Å². The summed E-state index contributed by atoms with van der Waals surface area (Å²) >= 11 is 1.86. The highest BCUT2D eigenvalue weighted by atomic mass is 32.2. The molecule has 5 heteroatoms. The predicted molar refractivity (Wildman–Crippen MR) is 98.2 cm³/mol. The van der Waals surface area contributed by atoms with Gasteiger partial charge in [0.15, 0.2) is 5.78 Å². The zero-order valence-corrected chi connectivity index (χ0v) is 14.9. The fraction of sp³-hybridized carbons (Fsp3) is 0.526. The molecule has 24 heavy (non-hydrogen) atoms. The van der Waals surface area contributed by atoms with Crippen molar-refractivity contribution >= 4 is 29.2 Å². The molecule has 1 aliphatic heterocycles. The van der Waals surface area contributed by atoms with E-state index >= 15 is 0 Å². The van der Waals surface area contributed by atoms with Crippen LogP contribution in [0.5, 0.6) is 0 Å². The lowest BCUT2D eigenvalue weighted by atomic mass is 9.97. The minimum absolute atomic E-state index is 0.0721. The molecule has 128 valence electrons. The number of thioether (sulfide) groups is 1. The topological polar surface area (TPSA) is 61.2 Å². The third-order valence-corrected chi connectivity index (χ3v) is 5.96. The maximum absolute atomic E-state index is 13.2. The van der Waals surface area contributed by atoms with Gasteiger partial charge in [-0.3, -0.25) is 9.59 Å². The number of amides is 1. The molecule has 2 unspecified atom stereocenters. The molecule has 1 aromatic carbocycles. The summed E-state index contributed by atoms with van der Waals surface area (Å²) in [4.78, 5) is 27.3. The van der Waals surface area contributed by atoms with Crippen LogP contribution >= 0.6 is 11.8 Å². The molecule has 4 nitrogen and oxygen atoms in total. The molecule has 1 aromatic rings. The van der Waals surface area contributed by atoms with Gasteiger partial charge in [0.1, 0.15) is 0 Å². The van der Waals surface area contributed by atoms with Crippen LogP contribution in [-0.4, -0.2) is 46.4 Å². The van der Waals surface area contributed by atoms with Crippen molar-refractivity contribution in [3.63, 3.8) is 0 Å². The predicted octanol–water partition coefficient (Wildman–Crippen LogP) is 3.51. The van der Waals surface area contributed by atoms with E-state index in [9.17, 15) is 9.59 Å². The van der Waals surface area contributed by atoms with Crippen molar-refractivity contribution in [2.75, 3.05) is 18.1 Å². The van der Waals surface area contributed by atoms with Crippen LogP contribution in [0.4, 0.5) is 0 Å². The summed E-state index contributed by atoms with van der Waals surface area (Å²) in [6.45, 7) is 2.80. The molecule has 1 fully saturated rings. The summed E-state index contributed by atoms with van der Waals surface area (Å²) in [6.07, 6.45) is 2.72. The Morgan fingerprint density at radius 3 is 2.96 bits per heavy atom. The van der Waals surface area contributed by atoms with Gasteiger partial charge in [0, 0.05) is 48.2 Å². The number of Topliss-reactive ketones (excluding diaryl/α,β-unsaturated/α-hetero) is 1. The zero-order chi connectivity index (χ0) is 17.1. The van der Waals surface area contributed by atoms with Crippen LogP contribution < -0.4 is 0 Å². The minimum atomic E-state index is -0.334. The van der Waals surface area contributed by atoms with Crippen LogP contribution in [0.2, 0.25) is 0 Å². The van der Waals surface area contributed by atoms with E-state index in [0.29, 0.717) is 18.4 Å². The Labute approximate surface area is 147 Å². The van der Waals surface area contributed by atoms with Crippen molar-refractivity contribution in [2.24, 2.45) is 0 Å². The molecule has 2 aliphatic rings.